The van der Waals surface area contributed by atoms with Gasteiger partial charge < -0.3 is 10.6 Å². The Balaban J connectivity index is 1.79. The van der Waals surface area contributed by atoms with Crippen LogP contribution < -0.4 is 10.6 Å². The van der Waals surface area contributed by atoms with Crippen LogP contribution in [0.5, 0.6) is 0 Å². The Morgan fingerprint density at radius 3 is 2.64 bits per heavy atom. The molecule has 0 aliphatic rings. The van der Waals surface area contributed by atoms with Crippen LogP contribution in [0.25, 0.3) is 0 Å². The van der Waals surface area contributed by atoms with E-state index < -0.39 is 0 Å². The highest BCUT2D eigenvalue weighted by Crippen LogP contribution is 2.14. The number of halogens is 1. The van der Waals surface area contributed by atoms with Crippen LogP contribution in [-0.4, -0.2) is 19.6 Å². The van der Waals surface area contributed by atoms with Crippen molar-refractivity contribution in [3.63, 3.8) is 0 Å². The van der Waals surface area contributed by atoms with Gasteiger partial charge in [-0.05, 0) is 55.7 Å². The zero-order chi connectivity index (χ0) is 15.9. The highest BCUT2D eigenvalue weighted by Gasteiger charge is 2.02. The molecule has 22 heavy (non-hydrogen) atoms. The van der Waals surface area contributed by atoms with Gasteiger partial charge in [-0.2, -0.15) is 0 Å². The molecule has 3 nitrogen and oxygen atoms in total. The van der Waals surface area contributed by atoms with Crippen molar-refractivity contribution in [1.82, 2.24) is 10.6 Å². The van der Waals surface area contributed by atoms with E-state index in [1.54, 1.807) is 24.5 Å². The number of guanidine groups is 1. The quantitative estimate of drug-likeness (QED) is 0.654. The fourth-order valence-corrected chi connectivity index (χ4v) is 3.06. The first kappa shape index (κ1) is 16.5. The fourth-order valence-electron chi connectivity index (χ4n) is 2.23. The number of nitrogens with one attached hydrogen (secondary N) is 2. The number of hydrogen-bond acceptors (Lipinski definition) is 2. The molecule has 0 aliphatic carbocycles. The molecule has 0 unspecified atom stereocenters. The van der Waals surface area contributed by atoms with Crippen molar-refractivity contribution in [3.05, 3.63) is 57.0 Å². The van der Waals surface area contributed by atoms with E-state index in [0.717, 1.165) is 36.6 Å². The molecule has 1 aromatic carbocycles. The summed E-state index contributed by atoms with van der Waals surface area (Å²) in [5.74, 6) is 0.601. The van der Waals surface area contributed by atoms with Gasteiger partial charge >= 0.3 is 0 Å². The first-order valence-electron chi connectivity index (χ1n) is 7.33. The van der Waals surface area contributed by atoms with Crippen molar-refractivity contribution < 1.29 is 4.39 Å². The van der Waals surface area contributed by atoms with Gasteiger partial charge in [0.2, 0.25) is 0 Å². The lowest BCUT2D eigenvalue weighted by Crippen LogP contribution is -2.37. The maximum Gasteiger partial charge on any atom is 0.191 e. The predicted molar refractivity (Wildman–Crippen MR) is 92.1 cm³/mol. The topological polar surface area (TPSA) is 36.4 Å². The number of aryl methyl sites for hydroxylation is 2. The van der Waals surface area contributed by atoms with Gasteiger partial charge in [-0.1, -0.05) is 6.07 Å². The number of thiophene rings is 1. The van der Waals surface area contributed by atoms with Crippen molar-refractivity contribution in [2.24, 2.45) is 4.99 Å². The van der Waals surface area contributed by atoms with Crippen LogP contribution in [0.3, 0.4) is 0 Å². The Morgan fingerprint density at radius 2 is 2.00 bits per heavy atom. The second-order valence-electron chi connectivity index (χ2n) is 5.19. The first-order valence-corrected chi connectivity index (χ1v) is 8.15. The molecule has 0 radical (unpaired) electrons. The normalized spacial score (nSPS) is 11.5. The molecule has 1 heterocycles. The van der Waals surface area contributed by atoms with Gasteiger partial charge in [-0.3, -0.25) is 4.99 Å². The van der Waals surface area contributed by atoms with Crippen LogP contribution >= 0.6 is 11.3 Å². The van der Waals surface area contributed by atoms with Crippen LogP contribution in [0.4, 0.5) is 4.39 Å². The molecule has 0 fully saturated rings. The molecule has 0 saturated carbocycles. The molecule has 5 heteroatoms. The zero-order valence-corrected chi connectivity index (χ0v) is 14.1. The maximum atomic E-state index is 13.1. The summed E-state index contributed by atoms with van der Waals surface area (Å²) in [6.45, 7) is 5.57. The summed E-state index contributed by atoms with van der Waals surface area (Å²) >= 11 is 1.78. The van der Waals surface area contributed by atoms with Crippen LogP contribution in [0.2, 0.25) is 0 Å². The second kappa shape index (κ2) is 7.94. The van der Waals surface area contributed by atoms with Crippen molar-refractivity contribution >= 4 is 17.3 Å². The minimum absolute atomic E-state index is 0.182. The summed E-state index contributed by atoms with van der Waals surface area (Å²) in [4.78, 5) is 6.82. The number of hydrogen-bond donors (Lipinski definition) is 2. The van der Waals surface area contributed by atoms with Crippen LogP contribution in [0, 0.1) is 19.7 Å². The predicted octanol–water partition coefficient (Wildman–Crippen LogP) is 3.41. The Hall–Kier alpha value is -1.88. The lowest BCUT2D eigenvalue weighted by atomic mass is 10.1. The minimum atomic E-state index is -0.182. The summed E-state index contributed by atoms with van der Waals surface area (Å²) in [5, 5.41) is 6.58. The van der Waals surface area contributed by atoms with E-state index in [-0.39, 0.29) is 5.82 Å². The van der Waals surface area contributed by atoms with E-state index in [2.05, 4.69) is 34.7 Å². The standard InChI is InChI=1S/C17H22FN3S/c1-12-10-15(18)6-5-14(12)8-9-20-17(19-3)21-11-16-7-4-13(2)22-16/h4-7,10H,8-9,11H2,1-3H3,(H2,19,20,21). The van der Waals surface area contributed by atoms with Gasteiger partial charge in [-0.25, -0.2) is 4.39 Å². The Bertz CT molecular complexity index is 649. The van der Waals surface area contributed by atoms with E-state index in [4.69, 9.17) is 0 Å². The van der Waals surface area contributed by atoms with Crippen molar-refractivity contribution in [3.8, 4) is 0 Å². The summed E-state index contributed by atoms with van der Waals surface area (Å²) < 4.78 is 13.1. The van der Waals surface area contributed by atoms with Crippen LogP contribution in [0.15, 0.2) is 35.3 Å². The van der Waals surface area contributed by atoms with Gasteiger partial charge in [0.05, 0.1) is 6.54 Å². The monoisotopic (exact) mass is 319 g/mol. The van der Waals surface area contributed by atoms with E-state index in [1.165, 1.54) is 15.8 Å². The van der Waals surface area contributed by atoms with Gasteiger partial charge in [0.15, 0.2) is 5.96 Å². The molecule has 118 valence electrons. The highest BCUT2D eigenvalue weighted by atomic mass is 32.1. The summed E-state index contributed by atoms with van der Waals surface area (Å²) in [5.41, 5.74) is 2.14. The van der Waals surface area contributed by atoms with Crippen molar-refractivity contribution in [2.45, 2.75) is 26.8 Å². The molecule has 0 atom stereocenters. The number of benzene rings is 1. The van der Waals surface area contributed by atoms with Crippen molar-refractivity contribution in [1.29, 1.82) is 0 Å². The Labute approximate surface area is 135 Å². The van der Waals surface area contributed by atoms with E-state index in [1.807, 2.05) is 13.0 Å². The zero-order valence-electron chi connectivity index (χ0n) is 13.2. The van der Waals surface area contributed by atoms with E-state index in [0.29, 0.717) is 0 Å². The Morgan fingerprint density at radius 1 is 1.18 bits per heavy atom. The van der Waals surface area contributed by atoms with E-state index >= 15 is 0 Å². The summed E-state index contributed by atoms with van der Waals surface area (Å²) in [6, 6.07) is 9.17. The highest BCUT2D eigenvalue weighted by molar-refractivity contribution is 7.11. The molecular weight excluding hydrogens is 297 g/mol. The summed E-state index contributed by atoms with van der Waals surface area (Å²) in [7, 11) is 1.76. The number of aliphatic imine (C=N–C) groups is 1. The van der Waals surface area contributed by atoms with Gasteiger partial charge in [0, 0.05) is 23.3 Å². The molecule has 2 rings (SSSR count). The molecule has 0 saturated heterocycles. The lowest BCUT2D eigenvalue weighted by molar-refractivity contribution is 0.625. The third-order valence-electron chi connectivity index (χ3n) is 3.44. The Kier molecular flexibility index (Phi) is 5.95. The van der Waals surface area contributed by atoms with Gasteiger partial charge in [-0.15, -0.1) is 11.3 Å². The largest absolute Gasteiger partial charge is 0.356 e. The number of rotatable bonds is 5. The van der Waals surface area contributed by atoms with E-state index in [9.17, 15) is 4.39 Å². The average Bonchev–Trinajstić information content (AvgIpc) is 2.90. The van der Waals surface area contributed by atoms with Crippen LogP contribution in [0.1, 0.15) is 20.9 Å². The van der Waals surface area contributed by atoms with Gasteiger partial charge in [0.25, 0.3) is 0 Å². The molecule has 1 aromatic heterocycles. The molecule has 2 aromatic rings. The molecular formula is C17H22FN3S. The third-order valence-corrected chi connectivity index (χ3v) is 4.44. The molecule has 2 N–H and O–H groups in total. The molecule has 0 aliphatic heterocycles. The lowest BCUT2D eigenvalue weighted by Gasteiger charge is -2.12. The SMILES string of the molecule is CN=C(NCCc1ccc(F)cc1C)NCc1ccc(C)s1. The number of nitrogens with zero attached hydrogens (tertiary/aromatic N) is 1. The molecule has 0 spiro atoms. The maximum absolute atomic E-state index is 13.1. The first-order chi connectivity index (χ1) is 10.6. The molecule has 0 bridgehead atoms. The minimum Gasteiger partial charge on any atom is -0.356 e. The van der Waals surface area contributed by atoms with Gasteiger partial charge in [0.1, 0.15) is 5.82 Å². The second-order valence-corrected chi connectivity index (χ2v) is 6.56. The van der Waals surface area contributed by atoms with Crippen LogP contribution in [-0.2, 0) is 13.0 Å². The summed E-state index contributed by atoms with van der Waals surface area (Å²) in [6.07, 6.45) is 0.838. The average molecular weight is 319 g/mol. The molecule has 0 amide bonds. The van der Waals surface area contributed by atoms with Crippen molar-refractivity contribution in [2.75, 3.05) is 13.6 Å². The fraction of sp³-hybridized carbons (Fsp3) is 0.353. The smallest absolute Gasteiger partial charge is 0.191 e. The third kappa shape index (κ3) is 4.84.